The summed E-state index contributed by atoms with van der Waals surface area (Å²) in [4.78, 5) is 35.2. The third-order valence-electron chi connectivity index (χ3n) is 8.37. The minimum absolute atomic E-state index is 0.205. The van der Waals surface area contributed by atoms with Crippen LogP contribution in [0, 0.1) is 5.82 Å². The van der Waals surface area contributed by atoms with Crippen molar-refractivity contribution in [2.45, 2.75) is 39.3 Å². The number of rotatable bonds is 8. The lowest BCUT2D eigenvalue weighted by molar-refractivity contribution is 0.0704. The number of aromatic nitrogens is 1. The van der Waals surface area contributed by atoms with Gasteiger partial charge in [0.15, 0.2) is 0 Å². The van der Waals surface area contributed by atoms with E-state index in [1.54, 1.807) is 46.2 Å². The average molecular weight is 600 g/mol. The number of hydrogen-bond acceptors (Lipinski definition) is 5. The number of ether oxygens (including phenoxy) is 2. The minimum atomic E-state index is -0.305. The highest BCUT2D eigenvalue weighted by Crippen LogP contribution is 2.38. The highest BCUT2D eigenvalue weighted by Gasteiger charge is 2.35. The first kappa shape index (κ1) is 28.3. The number of halogens is 1. The molecule has 0 spiro atoms. The number of fused-ring (bicyclic) bond motifs is 2. The summed E-state index contributed by atoms with van der Waals surface area (Å²) in [5.74, 6) is -0.0785. The summed E-state index contributed by atoms with van der Waals surface area (Å²) in [6.07, 6.45) is 0. The van der Waals surface area contributed by atoms with Crippen LogP contribution in [-0.2, 0) is 26.3 Å². The van der Waals surface area contributed by atoms with Gasteiger partial charge >= 0.3 is 0 Å². The van der Waals surface area contributed by atoms with Gasteiger partial charge in [-0.2, -0.15) is 4.98 Å². The zero-order valence-electron chi connectivity index (χ0n) is 24.7. The van der Waals surface area contributed by atoms with E-state index in [1.165, 1.54) is 6.07 Å². The fraction of sp³-hybridized carbons (Fsp3) is 0.162. The van der Waals surface area contributed by atoms with Gasteiger partial charge in [0.2, 0.25) is 11.8 Å². The molecule has 0 saturated heterocycles. The van der Waals surface area contributed by atoms with E-state index >= 15 is 0 Å². The van der Waals surface area contributed by atoms with Gasteiger partial charge in [-0.3, -0.25) is 14.5 Å². The van der Waals surface area contributed by atoms with Gasteiger partial charge in [0.1, 0.15) is 24.7 Å². The van der Waals surface area contributed by atoms with E-state index in [2.05, 4.69) is 4.98 Å². The predicted octanol–water partition coefficient (Wildman–Crippen LogP) is 7.26. The van der Waals surface area contributed by atoms with Gasteiger partial charge in [-0.1, -0.05) is 72.8 Å². The second kappa shape index (κ2) is 11.9. The van der Waals surface area contributed by atoms with E-state index in [0.29, 0.717) is 34.9 Å². The molecule has 0 bridgehead atoms. The largest absolute Gasteiger partial charge is 0.473 e. The zero-order valence-corrected chi connectivity index (χ0v) is 24.7. The quantitative estimate of drug-likeness (QED) is 0.188. The van der Waals surface area contributed by atoms with Gasteiger partial charge in [0.05, 0.1) is 12.6 Å². The zero-order chi connectivity index (χ0) is 30.9. The number of hydrogen-bond donors (Lipinski definition) is 0. The lowest BCUT2D eigenvalue weighted by Gasteiger charge is -2.22. The van der Waals surface area contributed by atoms with Crippen LogP contribution in [0.1, 0.15) is 61.5 Å². The molecule has 0 radical (unpaired) electrons. The smallest absolute Gasteiger partial charge is 0.259 e. The van der Waals surface area contributed by atoms with Crippen LogP contribution in [-0.4, -0.2) is 21.7 Å². The molecule has 0 N–H and O–H groups in total. The third-order valence-corrected chi connectivity index (χ3v) is 8.37. The molecule has 45 heavy (non-hydrogen) atoms. The molecule has 4 aromatic carbocycles. The van der Waals surface area contributed by atoms with Crippen LogP contribution in [0.5, 0.6) is 11.8 Å². The number of amides is 2. The summed E-state index contributed by atoms with van der Waals surface area (Å²) >= 11 is 0. The Hall–Kier alpha value is -5.50. The Morgan fingerprint density at radius 2 is 1.56 bits per heavy atom. The van der Waals surface area contributed by atoms with Crippen LogP contribution in [0.2, 0.25) is 0 Å². The molecule has 0 aliphatic carbocycles. The molecular formula is C37H30FN3O4. The van der Waals surface area contributed by atoms with Crippen LogP contribution in [0.3, 0.4) is 0 Å². The molecule has 2 amide bonds. The van der Waals surface area contributed by atoms with Crippen molar-refractivity contribution < 1.29 is 23.5 Å². The maximum absolute atomic E-state index is 14.5. The van der Waals surface area contributed by atoms with E-state index < -0.39 is 0 Å². The summed E-state index contributed by atoms with van der Waals surface area (Å²) in [6, 6.07) is 32.8. The summed E-state index contributed by atoms with van der Waals surface area (Å²) in [5, 5.41) is 0. The summed E-state index contributed by atoms with van der Waals surface area (Å²) < 4.78 is 26.6. The summed E-state index contributed by atoms with van der Waals surface area (Å²) in [6.45, 7) is 2.94. The number of carbonyl (C=O) groups is 2. The Morgan fingerprint density at radius 3 is 2.27 bits per heavy atom. The van der Waals surface area contributed by atoms with Gasteiger partial charge in [0, 0.05) is 29.3 Å². The second-order valence-electron chi connectivity index (χ2n) is 11.2. The number of anilines is 1. The Morgan fingerprint density at radius 1 is 0.844 bits per heavy atom. The summed E-state index contributed by atoms with van der Waals surface area (Å²) in [5.41, 5.74) is 5.51. The van der Waals surface area contributed by atoms with Gasteiger partial charge in [-0.15, -0.1) is 0 Å². The molecule has 0 saturated carbocycles. The van der Waals surface area contributed by atoms with Crippen molar-refractivity contribution in [3.8, 4) is 11.8 Å². The van der Waals surface area contributed by atoms with Gasteiger partial charge in [-0.05, 0) is 59.5 Å². The van der Waals surface area contributed by atoms with E-state index in [0.717, 1.165) is 22.3 Å². The van der Waals surface area contributed by atoms with Crippen LogP contribution in [0.15, 0.2) is 109 Å². The van der Waals surface area contributed by atoms with E-state index in [1.807, 2.05) is 73.7 Å². The monoisotopic (exact) mass is 599 g/mol. The van der Waals surface area contributed by atoms with E-state index in [4.69, 9.17) is 9.47 Å². The number of pyridine rings is 1. The molecule has 7 nitrogen and oxygen atoms in total. The Labute approximate surface area is 260 Å². The molecule has 7 rings (SSSR count). The standard InChI is InChI=1S/C37H30FN3O4/c1-24-29-13-8-14-32(38)31(29)21-40(24)36(42)27-15-16-30-28(19-27)20-41(37(30)43)33-17-18-34(44-22-25-9-4-2-5-10-25)39-35(33)45-23-26-11-6-3-7-12-26/h2-19,24H,20-23H2,1H3. The molecule has 1 atom stereocenters. The fourth-order valence-electron chi connectivity index (χ4n) is 5.94. The van der Waals surface area contributed by atoms with Crippen molar-refractivity contribution in [1.82, 2.24) is 9.88 Å². The second-order valence-corrected chi connectivity index (χ2v) is 11.2. The maximum atomic E-state index is 14.5. The molecule has 0 fully saturated rings. The van der Waals surface area contributed by atoms with Crippen molar-refractivity contribution >= 4 is 17.5 Å². The molecule has 8 heteroatoms. The van der Waals surface area contributed by atoms with Gasteiger partial charge in [-0.25, -0.2) is 4.39 Å². The molecule has 2 aliphatic rings. The molecule has 3 heterocycles. The predicted molar refractivity (Wildman–Crippen MR) is 167 cm³/mol. The molecule has 2 aliphatic heterocycles. The highest BCUT2D eigenvalue weighted by molar-refractivity contribution is 6.11. The third kappa shape index (κ3) is 5.51. The van der Waals surface area contributed by atoms with Crippen LogP contribution in [0.25, 0.3) is 0 Å². The first-order chi connectivity index (χ1) is 22.0. The lowest BCUT2D eigenvalue weighted by atomic mass is 10.0. The van der Waals surface area contributed by atoms with Crippen LogP contribution < -0.4 is 14.4 Å². The normalized spacial score (nSPS) is 15.2. The van der Waals surface area contributed by atoms with E-state index in [9.17, 15) is 14.0 Å². The van der Waals surface area contributed by atoms with Crippen LogP contribution in [0.4, 0.5) is 10.1 Å². The van der Waals surface area contributed by atoms with Crippen molar-refractivity contribution in [2.75, 3.05) is 4.90 Å². The summed E-state index contributed by atoms with van der Waals surface area (Å²) in [7, 11) is 0. The van der Waals surface area contributed by atoms with Gasteiger partial charge in [0.25, 0.3) is 11.8 Å². The van der Waals surface area contributed by atoms with Gasteiger partial charge < -0.3 is 14.4 Å². The Balaban J connectivity index is 1.14. The Kier molecular flexibility index (Phi) is 7.47. The Bertz CT molecular complexity index is 1900. The number of nitrogens with zero attached hydrogens (tertiary/aromatic N) is 3. The highest BCUT2D eigenvalue weighted by atomic mass is 19.1. The number of benzene rings is 4. The fourth-order valence-corrected chi connectivity index (χ4v) is 5.94. The lowest BCUT2D eigenvalue weighted by Crippen LogP contribution is -2.28. The van der Waals surface area contributed by atoms with Crippen LogP contribution >= 0.6 is 0 Å². The first-order valence-corrected chi connectivity index (χ1v) is 14.8. The maximum Gasteiger partial charge on any atom is 0.259 e. The number of carbonyl (C=O) groups excluding carboxylic acids is 2. The molecule has 1 aromatic heterocycles. The molecule has 1 unspecified atom stereocenters. The minimum Gasteiger partial charge on any atom is -0.473 e. The molecule has 5 aromatic rings. The van der Waals surface area contributed by atoms with Crippen molar-refractivity contribution in [2.24, 2.45) is 0 Å². The van der Waals surface area contributed by atoms with Crippen molar-refractivity contribution in [1.29, 1.82) is 0 Å². The first-order valence-electron chi connectivity index (χ1n) is 14.8. The molecule has 224 valence electrons. The van der Waals surface area contributed by atoms with E-state index in [-0.39, 0.29) is 49.2 Å². The van der Waals surface area contributed by atoms with Crippen molar-refractivity contribution in [3.05, 3.63) is 154 Å². The SMILES string of the molecule is CC1c2cccc(F)c2CN1C(=O)c1ccc2c(c1)CN(c1ccc(OCc3ccccc3)nc1OCc1ccccc1)C2=O. The molecular weight excluding hydrogens is 569 g/mol. The topological polar surface area (TPSA) is 72.0 Å². The average Bonchev–Trinajstić information content (AvgIpc) is 3.60. The van der Waals surface area contributed by atoms with Crippen molar-refractivity contribution in [3.63, 3.8) is 0 Å².